The van der Waals surface area contributed by atoms with Gasteiger partial charge in [-0.3, -0.25) is 4.79 Å². The number of carbonyl (C=O) groups is 1. The fraction of sp³-hybridized carbons (Fsp3) is 0.643. The Bertz CT molecular complexity index is 460. The van der Waals surface area contributed by atoms with E-state index in [2.05, 4.69) is 31.1 Å². The molecule has 0 bridgehead atoms. The number of anilines is 2. The third-order valence-electron chi connectivity index (χ3n) is 3.52. The van der Waals surface area contributed by atoms with Crippen LogP contribution in [0.25, 0.3) is 0 Å². The number of nitrogens with zero attached hydrogens (tertiary/aromatic N) is 1. The first-order chi connectivity index (χ1) is 9.42. The summed E-state index contributed by atoms with van der Waals surface area (Å²) in [6, 6.07) is 0.555. The van der Waals surface area contributed by atoms with Gasteiger partial charge in [0, 0.05) is 26.1 Å². The SMILES string of the molecule is CCC(C)N(C)CCNc1sc(C(C)=O)c(N)c1OC. The molecule has 0 amide bonds. The van der Waals surface area contributed by atoms with Crippen LogP contribution in [0.5, 0.6) is 5.75 Å². The quantitative estimate of drug-likeness (QED) is 0.722. The van der Waals surface area contributed by atoms with E-state index in [9.17, 15) is 4.79 Å². The summed E-state index contributed by atoms with van der Waals surface area (Å²) in [5, 5.41) is 4.14. The Labute approximate surface area is 125 Å². The molecule has 3 N–H and O–H groups in total. The number of carbonyl (C=O) groups excluding carboxylic acids is 1. The first-order valence-corrected chi connectivity index (χ1v) is 7.65. The zero-order chi connectivity index (χ0) is 15.3. The van der Waals surface area contributed by atoms with Crippen molar-refractivity contribution >= 4 is 27.8 Å². The smallest absolute Gasteiger partial charge is 0.176 e. The Morgan fingerprint density at radius 3 is 2.70 bits per heavy atom. The summed E-state index contributed by atoms with van der Waals surface area (Å²) in [4.78, 5) is 14.3. The molecule has 0 aliphatic rings. The number of hydrogen-bond donors (Lipinski definition) is 2. The van der Waals surface area contributed by atoms with Crippen LogP contribution < -0.4 is 15.8 Å². The number of thiophene rings is 1. The molecule has 0 aliphatic heterocycles. The zero-order valence-electron chi connectivity index (χ0n) is 12.9. The highest BCUT2D eigenvalue weighted by atomic mass is 32.1. The van der Waals surface area contributed by atoms with Crippen molar-refractivity contribution in [3.63, 3.8) is 0 Å². The molecule has 1 aromatic rings. The monoisotopic (exact) mass is 299 g/mol. The Balaban J connectivity index is 2.69. The number of rotatable bonds is 8. The summed E-state index contributed by atoms with van der Waals surface area (Å²) in [6.45, 7) is 7.61. The van der Waals surface area contributed by atoms with Gasteiger partial charge in [-0.1, -0.05) is 6.92 Å². The summed E-state index contributed by atoms with van der Waals surface area (Å²) >= 11 is 1.36. The zero-order valence-corrected chi connectivity index (χ0v) is 13.8. The van der Waals surface area contributed by atoms with Gasteiger partial charge in [0.1, 0.15) is 5.00 Å². The molecule has 0 radical (unpaired) electrons. The molecule has 1 heterocycles. The van der Waals surface area contributed by atoms with Crippen molar-refractivity contribution in [1.82, 2.24) is 4.90 Å². The predicted molar refractivity (Wildman–Crippen MR) is 86.2 cm³/mol. The van der Waals surface area contributed by atoms with Gasteiger partial charge in [-0.15, -0.1) is 11.3 Å². The van der Waals surface area contributed by atoms with E-state index in [0.717, 1.165) is 24.5 Å². The first kappa shape index (κ1) is 16.8. The van der Waals surface area contributed by atoms with Crippen molar-refractivity contribution in [2.75, 3.05) is 38.3 Å². The van der Waals surface area contributed by atoms with Gasteiger partial charge in [0.15, 0.2) is 11.5 Å². The molecule has 0 saturated carbocycles. The van der Waals surface area contributed by atoms with Crippen molar-refractivity contribution in [3.8, 4) is 5.75 Å². The maximum Gasteiger partial charge on any atom is 0.176 e. The number of hydrogen-bond acceptors (Lipinski definition) is 6. The highest BCUT2D eigenvalue weighted by molar-refractivity contribution is 7.19. The van der Waals surface area contributed by atoms with Crippen molar-refractivity contribution in [2.45, 2.75) is 33.2 Å². The number of nitrogen functional groups attached to an aromatic ring is 1. The summed E-state index contributed by atoms with van der Waals surface area (Å²) < 4.78 is 5.29. The van der Waals surface area contributed by atoms with E-state index in [0.29, 0.717) is 22.4 Å². The largest absolute Gasteiger partial charge is 0.492 e. The van der Waals surface area contributed by atoms with Crippen LogP contribution in [0.2, 0.25) is 0 Å². The third-order valence-corrected chi connectivity index (χ3v) is 4.76. The summed E-state index contributed by atoms with van der Waals surface area (Å²) in [7, 11) is 3.68. The normalized spacial score (nSPS) is 12.5. The summed E-state index contributed by atoms with van der Waals surface area (Å²) in [6.07, 6.45) is 1.13. The van der Waals surface area contributed by atoms with Gasteiger partial charge in [-0.05, 0) is 20.4 Å². The average molecular weight is 299 g/mol. The van der Waals surface area contributed by atoms with Crippen LogP contribution in [0.3, 0.4) is 0 Å². The first-order valence-electron chi connectivity index (χ1n) is 6.83. The fourth-order valence-corrected chi connectivity index (χ4v) is 2.90. The van der Waals surface area contributed by atoms with Gasteiger partial charge in [-0.2, -0.15) is 0 Å². The number of ether oxygens (including phenoxy) is 1. The Hall–Kier alpha value is -1.27. The molecule has 1 aromatic heterocycles. The molecular formula is C14H25N3O2S. The highest BCUT2D eigenvalue weighted by Crippen LogP contribution is 2.42. The molecule has 0 aromatic carbocycles. The molecule has 1 atom stereocenters. The van der Waals surface area contributed by atoms with E-state index >= 15 is 0 Å². The molecule has 0 aliphatic carbocycles. The predicted octanol–water partition coefficient (Wildman–Crippen LogP) is 2.68. The fourth-order valence-electron chi connectivity index (χ4n) is 1.89. The van der Waals surface area contributed by atoms with Crippen LogP contribution in [0.15, 0.2) is 0 Å². The molecule has 0 spiro atoms. The van der Waals surface area contributed by atoms with Gasteiger partial charge in [0.2, 0.25) is 0 Å². The third kappa shape index (κ3) is 3.86. The van der Waals surface area contributed by atoms with Crippen LogP contribution in [0.1, 0.15) is 36.9 Å². The summed E-state index contributed by atoms with van der Waals surface area (Å²) in [5.41, 5.74) is 6.36. The molecule has 5 nitrogen and oxygen atoms in total. The number of nitrogens with one attached hydrogen (secondary N) is 1. The van der Waals surface area contributed by atoms with E-state index in [-0.39, 0.29) is 5.78 Å². The lowest BCUT2D eigenvalue weighted by Crippen LogP contribution is -2.32. The maximum atomic E-state index is 11.5. The molecule has 0 saturated heterocycles. The molecule has 0 fully saturated rings. The average Bonchev–Trinajstić information content (AvgIpc) is 2.74. The number of likely N-dealkylation sites (N-methyl/N-ethyl adjacent to an activating group) is 1. The molecule has 1 rings (SSSR count). The maximum absolute atomic E-state index is 11.5. The van der Waals surface area contributed by atoms with Crippen LogP contribution in [-0.2, 0) is 0 Å². The second-order valence-electron chi connectivity index (χ2n) is 4.93. The van der Waals surface area contributed by atoms with E-state index in [1.54, 1.807) is 7.11 Å². The van der Waals surface area contributed by atoms with Gasteiger partial charge in [-0.25, -0.2) is 0 Å². The topological polar surface area (TPSA) is 67.6 Å². The highest BCUT2D eigenvalue weighted by Gasteiger charge is 2.19. The van der Waals surface area contributed by atoms with E-state index in [1.165, 1.54) is 18.3 Å². The van der Waals surface area contributed by atoms with Crippen LogP contribution >= 0.6 is 11.3 Å². The van der Waals surface area contributed by atoms with Crippen molar-refractivity contribution < 1.29 is 9.53 Å². The Kier molecular flexibility index (Phi) is 6.29. The van der Waals surface area contributed by atoms with Crippen LogP contribution in [0, 0.1) is 0 Å². The number of Topliss-reactive ketones (excluding diaryl/α,β-unsaturated/α-hetero) is 1. The molecule has 20 heavy (non-hydrogen) atoms. The van der Waals surface area contributed by atoms with Crippen molar-refractivity contribution in [1.29, 1.82) is 0 Å². The summed E-state index contributed by atoms with van der Waals surface area (Å²) in [5.74, 6) is 0.543. The van der Waals surface area contributed by atoms with Crippen LogP contribution in [0.4, 0.5) is 10.7 Å². The molecule has 114 valence electrons. The lowest BCUT2D eigenvalue weighted by atomic mass is 10.2. The Morgan fingerprint density at radius 2 is 2.20 bits per heavy atom. The van der Waals surface area contributed by atoms with Crippen molar-refractivity contribution in [3.05, 3.63) is 4.88 Å². The number of nitrogens with two attached hydrogens (primary N) is 1. The Morgan fingerprint density at radius 1 is 1.55 bits per heavy atom. The lowest BCUT2D eigenvalue weighted by Gasteiger charge is -2.23. The molecular weight excluding hydrogens is 274 g/mol. The lowest BCUT2D eigenvalue weighted by molar-refractivity contribution is 0.102. The standard InChI is InChI=1S/C14H25N3O2S/c1-6-9(2)17(4)8-7-16-14-12(19-5)11(15)13(20-14)10(3)18/h9,16H,6-8,15H2,1-5H3. The van der Waals surface area contributed by atoms with Crippen molar-refractivity contribution in [2.24, 2.45) is 0 Å². The van der Waals surface area contributed by atoms with E-state index in [4.69, 9.17) is 10.5 Å². The molecule has 1 unspecified atom stereocenters. The second-order valence-corrected chi connectivity index (χ2v) is 5.95. The minimum Gasteiger partial charge on any atom is -0.492 e. The van der Waals surface area contributed by atoms with Crippen LogP contribution in [-0.4, -0.2) is 44.0 Å². The van der Waals surface area contributed by atoms with Gasteiger partial charge in [0.25, 0.3) is 0 Å². The second kappa shape index (κ2) is 7.50. The minimum absolute atomic E-state index is 0.0319. The van der Waals surface area contributed by atoms with E-state index in [1.807, 2.05) is 0 Å². The van der Waals surface area contributed by atoms with E-state index < -0.39 is 0 Å². The number of methoxy groups -OCH3 is 1. The number of ketones is 1. The van der Waals surface area contributed by atoms with Gasteiger partial charge >= 0.3 is 0 Å². The molecule has 6 heteroatoms. The van der Waals surface area contributed by atoms with Gasteiger partial charge in [0.05, 0.1) is 17.7 Å². The minimum atomic E-state index is -0.0319. The van der Waals surface area contributed by atoms with Gasteiger partial charge < -0.3 is 20.7 Å².